The van der Waals surface area contributed by atoms with E-state index < -0.39 is 5.97 Å². The van der Waals surface area contributed by atoms with E-state index in [0.29, 0.717) is 11.6 Å². The predicted molar refractivity (Wildman–Crippen MR) is 64.1 cm³/mol. The van der Waals surface area contributed by atoms with E-state index >= 15 is 0 Å². The summed E-state index contributed by atoms with van der Waals surface area (Å²) in [4.78, 5) is 26.2. The highest BCUT2D eigenvalue weighted by molar-refractivity contribution is 5.87. The number of urea groups is 1. The van der Waals surface area contributed by atoms with Crippen molar-refractivity contribution in [2.24, 2.45) is 5.92 Å². The van der Waals surface area contributed by atoms with Crippen LogP contribution in [0.3, 0.4) is 0 Å². The topological polar surface area (TPSA) is 91.3 Å². The molecule has 0 aromatic carbocycles. The molecular formula is C12H15N3O3. The Balaban J connectivity index is 1.84. The first-order valence-corrected chi connectivity index (χ1v) is 5.79. The minimum absolute atomic E-state index is 0.165. The zero-order valence-corrected chi connectivity index (χ0v) is 10.0. The van der Waals surface area contributed by atoms with Crippen molar-refractivity contribution in [3.05, 3.63) is 29.6 Å². The molecule has 6 heteroatoms. The highest BCUT2D eigenvalue weighted by Crippen LogP contribution is 2.28. The number of aromatic nitrogens is 1. The van der Waals surface area contributed by atoms with Gasteiger partial charge in [-0.3, -0.25) is 4.98 Å². The van der Waals surface area contributed by atoms with Gasteiger partial charge in [-0.05, 0) is 24.5 Å². The molecule has 0 spiro atoms. The van der Waals surface area contributed by atoms with Gasteiger partial charge in [0.15, 0.2) is 0 Å². The van der Waals surface area contributed by atoms with Gasteiger partial charge in [0.05, 0.1) is 17.8 Å². The van der Waals surface area contributed by atoms with Crippen LogP contribution in [0.1, 0.15) is 29.4 Å². The number of nitrogens with one attached hydrogen (secondary N) is 2. The van der Waals surface area contributed by atoms with Gasteiger partial charge in [-0.2, -0.15) is 0 Å². The molecule has 1 aromatic rings. The average Bonchev–Trinajstić information content (AvgIpc) is 3.02. The second-order valence-electron chi connectivity index (χ2n) is 4.49. The summed E-state index contributed by atoms with van der Waals surface area (Å²) >= 11 is 0. The number of aromatic carboxylic acids is 1. The lowest BCUT2D eigenvalue weighted by atomic mass is 10.2. The van der Waals surface area contributed by atoms with Gasteiger partial charge in [-0.25, -0.2) is 9.59 Å². The van der Waals surface area contributed by atoms with Gasteiger partial charge in [0.25, 0.3) is 0 Å². The van der Waals surface area contributed by atoms with Gasteiger partial charge < -0.3 is 15.7 Å². The van der Waals surface area contributed by atoms with Crippen LogP contribution in [-0.2, 0) is 6.54 Å². The lowest BCUT2D eigenvalue weighted by Gasteiger charge is -2.06. The minimum atomic E-state index is -1.00. The first-order chi connectivity index (χ1) is 8.56. The number of hydrogen-bond acceptors (Lipinski definition) is 3. The Morgan fingerprint density at radius 1 is 1.56 bits per heavy atom. The van der Waals surface area contributed by atoms with E-state index in [9.17, 15) is 9.59 Å². The van der Waals surface area contributed by atoms with Crippen molar-refractivity contribution in [1.82, 2.24) is 15.6 Å². The third-order valence-corrected chi connectivity index (χ3v) is 2.92. The number of amides is 2. The van der Waals surface area contributed by atoms with Crippen LogP contribution in [0.15, 0.2) is 18.3 Å². The van der Waals surface area contributed by atoms with Crippen LogP contribution in [0.2, 0.25) is 0 Å². The zero-order valence-electron chi connectivity index (χ0n) is 10.0. The standard InChI is InChI=1S/C12H15N3O3/c1-7-4-10(7)15-12(18)14-6-9-5-8(11(16)17)2-3-13-9/h2-3,5,7,10H,4,6H2,1H3,(H,16,17)(H2,14,15,18). The third kappa shape index (κ3) is 3.19. The summed E-state index contributed by atoms with van der Waals surface area (Å²) in [6.07, 6.45) is 2.43. The van der Waals surface area contributed by atoms with E-state index in [4.69, 9.17) is 5.11 Å². The smallest absolute Gasteiger partial charge is 0.335 e. The molecule has 0 bridgehead atoms. The second kappa shape index (κ2) is 5.03. The maximum absolute atomic E-state index is 11.5. The number of pyridine rings is 1. The second-order valence-corrected chi connectivity index (χ2v) is 4.49. The molecule has 2 unspecified atom stereocenters. The molecular weight excluding hydrogens is 234 g/mol. The van der Waals surface area contributed by atoms with Crippen molar-refractivity contribution >= 4 is 12.0 Å². The van der Waals surface area contributed by atoms with E-state index in [-0.39, 0.29) is 24.2 Å². The van der Waals surface area contributed by atoms with Crippen molar-refractivity contribution in [3.63, 3.8) is 0 Å². The fourth-order valence-electron chi connectivity index (χ4n) is 1.62. The molecule has 0 radical (unpaired) electrons. The molecule has 1 fully saturated rings. The van der Waals surface area contributed by atoms with Crippen LogP contribution in [-0.4, -0.2) is 28.1 Å². The van der Waals surface area contributed by atoms with Crippen LogP contribution in [0.5, 0.6) is 0 Å². The van der Waals surface area contributed by atoms with Gasteiger partial charge in [0.2, 0.25) is 0 Å². The zero-order chi connectivity index (χ0) is 13.1. The number of nitrogens with zero attached hydrogens (tertiary/aromatic N) is 1. The number of carboxylic acids is 1. The van der Waals surface area contributed by atoms with Gasteiger partial charge in [0, 0.05) is 12.2 Å². The fourth-order valence-corrected chi connectivity index (χ4v) is 1.62. The highest BCUT2D eigenvalue weighted by Gasteiger charge is 2.33. The molecule has 18 heavy (non-hydrogen) atoms. The van der Waals surface area contributed by atoms with E-state index in [1.54, 1.807) is 0 Å². The number of hydrogen-bond donors (Lipinski definition) is 3. The minimum Gasteiger partial charge on any atom is -0.478 e. The lowest BCUT2D eigenvalue weighted by Crippen LogP contribution is -2.37. The predicted octanol–water partition coefficient (Wildman–Crippen LogP) is 0.987. The monoisotopic (exact) mass is 249 g/mol. The molecule has 0 saturated heterocycles. The summed E-state index contributed by atoms with van der Waals surface area (Å²) in [7, 11) is 0. The maximum Gasteiger partial charge on any atom is 0.335 e. The highest BCUT2D eigenvalue weighted by atomic mass is 16.4. The Kier molecular flexibility index (Phi) is 3.45. The van der Waals surface area contributed by atoms with Crippen LogP contribution < -0.4 is 10.6 Å². The number of carbonyl (C=O) groups is 2. The summed E-state index contributed by atoms with van der Waals surface area (Å²) in [5.74, 6) is -0.459. The van der Waals surface area contributed by atoms with Crippen molar-refractivity contribution in [2.45, 2.75) is 25.9 Å². The van der Waals surface area contributed by atoms with E-state index in [1.807, 2.05) is 0 Å². The summed E-state index contributed by atoms with van der Waals surface area (Å²) in [5.41, 5.74) is 0.687. The number of carboxylic acid groups (broad SMARTS) is 1. The van der Waals surface area contributed by atoms with E-state index in [2.05, 4.69) is 22.5 Å². The van der Waals surface area contributed by atoms with Crippen molar-refractivity contribution in [1.29, 1.82) is 0 Å². The number of carbonyl (C=O) groups excluding carboxylic acids is 1. The summed E-state index contributed by atoms with van der Waals surface area (Å²) in [6.45, 7) is 2.29. The Bertz CT molecular complexity index is 475. The molecule has 1 saturated carbocycles. The van der Waals surface area contributed by atoms with Crippen LogP contribution in [0.25, 0.3) is 0 Å². The molecule has 2 atom stereocenters. The van der Waals surface area contributed by atoms with Gasteiger partial charge in [-0.15, -0.1) is 0 Å². The van der Waals surface area contributed by atoms with Crippen molar-refractivity contribution in [2.75, 3.05) is 0 Å². The number of rotatable bonds is 4. The Morgan fingerprint density at radius 3 is 2.89 bits per heavy atom. The molecule has 1 heterocycles. The largest absolute Gasteiger partial charge is 0.478 e. The summed E-state index contributed by atoms with van der Waals surface area (Å²) in [5, 5.41) is 14.3. The molecule has 2 amide bonds. The Hall–Kier alpha value is -2.11. The van der Waals surface area contributed by atoms with E-state index in [1.165, 1.54) is 18.3 Å². The summed E-state index contributed by atoms with van der Waals surface area (Å²) < 4.78 is 0. The molecule has 1 aliphatic rings. The lowest BCUT2D eigenvalue weighted by molar-refractivity contribution is 0.0696. The fraction of sp³-hybridized carbons (Fsp3) is 0.417. The Labute approximate surface area is 104 Å². The third-order valence-electron chi connectivity index (χ3n) is 2.92. The average molecular weight is 249 g/mol. The SMILES string of the molecule is CC1CC1NC(=O)NCc1cc(C(=O)O)ccn1. The van der Waals surface area contributed by atoms with E-state index in [0.717, 1.165) is 6.42 Å². The molecule has 1 aliphatic carbocycles. The van der Waals surface area contributed by atoms with Crippen LogP contribution in [0.4, 0.5) is 4.79 Å². The van der Waals surface area contributed by atoms with Crippen LogP contribution in [0, 0.1) is 5.92 Å². The molecule has 3 N–H and O–H groups in total. The molecule has 0 aliphatic heterocycles. The first-order valence-electron chi connectivity index (χ1n) is 5.79. The first kappa shape index (κ1) is 12.3. The summed E-state index contributed by atoms with van der Waals surface area (Å²) in [6, 6.07) is 2.88. The van der Waals surface area contributed by atoms with Gasteiger partial charge in [0.1, 0.15) is 0 Å². The van der Waals surface area contributed by atoms with Gasteiger partial charge in [-0.1, -0.05) is 6.92 Å². The van der Waals surface area contributed by atoms with Crippen molar-refractivity contribution in [3.8, 4) is 0 Å². The van der Waals surface area contributed by atoms with Gasteiger partial charge >= 0.3 is 12.0 Å². The molecule has 6 nitrogen and oxygen atoms in total. The molecule has 1 aromatic heterocycles. The maximum atomic E-state index is 11.5. The normalized spacial score (nSPS) is 21.2. The Morgan fingerprint density at radius 2 is 2.28 bits per heavy atom. The van der Waals surface area contributed by atoms with Crippen LogP contribution >= 0.6 is 0 Å². The molecule has 2 rings (SSSR count). The molecule has 96 valence electrons. The quantitative estimate of drug-likeness (QED) is 0.742. The van der Waals surface area contributed by atoms with Crippen molar-refractivity contribution < 1.29 is 14.7 Å².